The van der Waals surface area contributed by atoms with Crippen molar-refractivity contribution in [2.24, 2.45) is 0 Å². The number of hydrogen-bond acceptors (Lipinski definition) is 3. The van der Waals surface area contributed by atoms with E-state index in [0.717, 1.165) is 12.5 Å². The summed E-state index contributed by atoms with van der Waals surface area (Å²) in [6, 6.07) is 7.63. The van der Waals surface area contributed by atoms with E-state index in [1.54, 1.807) is 6.07 Å². The van der Waals surface area contributed by atoms with Gasteiger partial charge in [0.05, 0.1) is 24.3 Å². The molecule has 0 saturated carbocycles. The average molecular weight is 298 g/mol. The minimum Gasteiger partial charge on any atom is -0.371 e. The lowest BCUT2D eigenvalue weighted by Crippen LogP contribution is -2.39. The first-order valence-corrected chi connectivity index (χ1v) is 6.89. The maximum absolute atomic E-state index is 13.0. The van der Waals surface area contributed by atoms with Crippen LogP contribution in [0.15, 0.2) is 24.3 Å². The molecule has 0 radical (unpaired) electrons. The molecule has 114 valence electrons. The monoisotopic (exact) mass is 298 g/mol. The summed E-state index contributed by atoms with van der Waals surface area (Å²) in [5.41, 5.74) is -0.441. The van der Waals surface area contributed by atoms with Crippen LogP contribution in [0.3, 0.4) is 0 Å². The smallest absolute Gasteiger partial charge is 0.371 e. The fraction of sp³-hybridized carbons (Fsp3) is 0.533. The van der Waals surface area contributed by atoms with Gasteiger partial charge in [-0.1, -0.05) is 18.2 Å². The van der Waals surface area contributed by atoms with Crippen LogP contribution in [0.4, 0.5) is 13.2 Å². The molecule has 1 fully saturated rings. The van der Waals surface area contributed by atoms with Crippen molar-refractivity contribution in [3.05, 3.63) is 35.4 Å². The predicted octanol–water partition coefficient (Wildman–Crippen LogP) is 3.38. The molecule has 1 aliphatic rings. The highest BCUT2D eigenvalue weighted by Crippen LogP contribution is 2.36. The summed E-state index contributed by atoms with van der Waals surface area (Å²) in [7, 11) is 0. The van der Waals surface area contributed by atoms with E-state index >= 15 is 0 Å². The van der Waals surface area contributed by atoms with E-state index in [0.29, 0.717) is 32.7 Å². The maximum Gasteiger partial charge on any atom is 0.416 e. The molecule has 1 saturated heterocycles. The van der Waals surface area contributed by atoms with Gasteiger partial charge in [-0.3, -0.25) is 4.90 Å². The number of rotatable bonds is 4. The molecule has 1 aliphatic heterocycles. The Hall–Kier alpha value is -1.58. The number of benzene rings is 1. The van der Waals surface area contributed by atoms with Crippen LogP contribution in [0.2, 0.25) is 0 Å². The second kappa shape index (κ2) is 6.92. The Morgan fingerprint density at radius 2 is 2.10 bits per heavy atom. The van der Waals surface area contributed by atoms with Crippen molar-refractivity contribution in [1.82, 2.24) is 4.90 Å². The lowest BCUT2D eigenvalue weighted by atomic mass is 10.0. The van der Waals surface area contributed by atoms with E-state index in [2.05, 4.69) is 11.0 Å². The van der Waals surface area contributed by atoms with Crippen LogP contribution < -0.4 is 0 Å². The Bertz CT molecular complexity index is 510. The van der Waals surface area contributed by atoms with Crippen molar-refractivity contribution in [3.8, 4) is 6.07 Å². The third kappa shape index (κ3) is 4.19. The van der Waals surface area contributed by atoms with Gasteiger partial charge in [0, 0.05) is 19.5 Å². The first-order valence-electron chi connectivity index (χ1n) is 6.89. The highest BCUT2D eigenvalue weighted by atomic mass is 19.4. The third-order valence-electron chi connectivity index (χ3n) is 3.53. The number of hydrogen-bond donors (Lipinski definition) is 0. The SMILES string of the molecule is N#CCCCN1CCO[C@@H](c2ccccc2C(F)(F)F)C1. The molecule has 1 aromatic carbocycles. The lowest BCUT2D eigenvalue weighted by Gasteiger charge is -2.34. The van der Waals surface area contributed by atoms with Crippen molar-refractivity contribution < 1.29 is 17.9 Å². The molecular weight excluding hydrogens is 281 g/mol. The topological polar surface area (TPSA) is 36.3 Å². The Morgan fingerprint density at radius 3 is 2.81 bits per heavy atom. The molecule has 2 rings (SSSR count). The Morgan fingerprint density at radius 1 is 1.33 bits per heavy atom. The van der Waals surface area contributed by atoms with Crippen molar-refractivity contribution in [2.75, 3.05) is 26.2 Å². The zero-order valence-electron chi connectivity index (χ0n) is 11.6. The molecule has 3 nitrogen and oxygen atoms in total. The van der Waals surface area contributed by atoms with E-state index in [4.69, 9.17) is 10.00 Å². The van der Waals surface area contributed by atoms with E-state index in [1.165, 1.54) is 12.1 Å². The standard InChI is InChI=1S/C15H17F3N2O/c16-15(17,18)13-6-2-1-5-12(13)14-11-20(9-10-21-14)8-4-3-7-19/h1-2,5-6,14H,3-4,8-11H2/t14-/m1/s1. The fourth-order valence-electron chi connectivity index (χ4n) is 2.51. The van der Waals surface area contributed by atoms with E-state index in [9.17, 15) is 13.2 Å². The molecule has 1 atom stereocenters. The fourth-order valence-corrected chi connectivity index (χ4v) is 2.51. The number of unbranched alkanes of at least 4 members (excludes halogenated alkanes) is 1. The van der Waals surface area contributed by atoms with Gasteiger partial charge < -0.3 is 4.74 Å². The second-order valence-electron chi connectivity index (χ2n) is 5.01. The summed E-state index contributed by atoms with van der Waals surface area (Å²) in [5.74, 6) is 0. The van der Waals surface area contributed by atoms with Gasteiger partial charge >= 0.3 is 6.18 Å². The van der Waals surface area contributed by atoms with Gasteiger partial charge in [-0.2, -0.15) is 18.4 Å². The van der Waals surface area contributed by atoms with Crippen LogP contribution in [-0.4, -0.2) is 31.1 Å². The highest BCUT2D eigenvalue weighted by Gasteiger charge is 2.36. The Labute approximate surface area is 121 Å². The van der Waals surface area contributed by atoms with E-state index < -0.39 is 17.8 Å². The molecule has 21 heavy (non-hydrogen) atoms. The van der Waals surface area contributed by atoms with Crippen LogP contribution in [0.25, 0.3) is 0 Å². The first-order chi connectivity index (χ1) is 10.0. The molecule has 0 spiro atoms. The van der Waals surface area contributed by atoms with Gasteiger partial charge in [0.15, 0.2) is 0 Å². The summed E-state index contributed by atoms with van der Waals surface area (Å²) < 4.78 is 44.7. The van der Waals surface area contributed by atoms with E-state index in [-0.39, 0.29) is 5.56 Å². The zero-order chi connectivity index (χ0) is 15.3. The predicted molar refractivity (Wildman–Crippen MR) is 71.4 cm³/mol. The molecule has 0 aromatic heterocycles. The quantitative estimate of drug-likeness (QED) is 0.800. The number of nitriles is 1. The van der Waals surface area contributed by atoms with Crippen LogP contribution in [0.1, 0.15) is 30.1 Å². The summed E-state index contributed by atoms with van der Waals surface area (Å²) >= 11 is 0. The van der Waals surface area contributed by atoms with Gasteiger partial charge in [-0.15, -0.1) is 0 Å². The van der Waals surface area contributed by atoms with Gasteiger partial charge in [-0.05, 0) is 24.6 Å². The van der Waals surface area contributed by atoms with Crippen LogP contribution >= 0.6 is 0 Å². The van der Waals surface area contributed by atoms with Crippen LogP contribution in [-0.2, 0) is 10.9 Å². The van der Waals surface area contributed by atoms with Crippen molar-refractivity contribution in [2.45, 2.75) is 25.1 Å². The number of halogens is 3. The number of ether oxygens (including phenoxy) is 1. The number of morpholine rings is 1. The average Bonchev–Trinajstić information content (AvgIpc) is 2.47. The molecule has 0 N–H and O–H groups in total. The molecule has 0 unspecified atom stereocenters. The summed E-state index contributed by atoms with van der Waals surface area (Å²) in [6.45, 7) is 2.24. The molecule has 0 aliphatic carbocycles. The van der Waals surface area contributed by atoms with Gasteiger partial charge in [0.2, 0.25) is 0 Å². The lowest BCUT2D eigenvalue weighted by molar-refractivity contribution is -0.140. The number of nitrogens with zero attached hydrogens (tertiary/aromatic N) is 2. The summed E-state index contributed by atoms with van der Waals surface area (Å²) in [5, 5.41) is 8.53. The van der Waals surface area contributed by atoms with Crippen molar-refractivity contribution in [3.63, 3.8) is 0 Å². The maximum atomic E-state index is 13.0. The molecule has 0 amide bonds. The second-order valence-corrected chi connectivity index (χ2v) is 5.01. The molecule has 0 bridgehead atoms. The highest BCUT2D eigenvalue weighted by molar-refractivity contribution is 5.32. The minimum atomic E-state index is -4.37. The minimum absolute atomic E-state index is 0.190. The zero-order valence-corrected chi connectivity index (χ0v) is 11.6. The van der Waals surface area contributed by atoms with Gasteiger partial charge in [0.25, 0.3) is 0 Å². The Balaban J connectivity index is 2.10. The van der Waals surface area contributed by atoms with Crippen LogP contribution in [0.5, 0.6) is 0 Å². The normalized spacial score (nSPS) is 20.2. The van der Waals surface area contributed by atoms with Gasteiger partial charge in [-0.25, -0.2) is 0 Å². The largest absolute Gasteiger partial charge is 0.416 e. The molecule has 1 heterocycles. The first kappa shape index (κ1) is 15.8. The van der Waals surface area contributed by atoms with E-state index in [1.807, 2.05) is 0 Å². The summed E-state index contributed by atoms with van der Waals surface area (Å²) in [6.07, 6.45) is -3.76. The van der Waals surface area contributed by atoms with Crippen molar-refractivity contribution in [1.29, 1.82) is 5.26 Å². The Kier molecular flexibility index (Phi) is 5.21. The molecular formula is C15H17F3N2O. The van der Waals surface area contributed by atoms with Crippen LogP contribution in [0, 0.1) is 11.3 Å². The third-order valence-corrected chi connectivity index (χ3v) is 3.53. The summed E-state index contributed by atoms with van der Waals surface area (Å²) in [4.78, 5) is 2.05. The number of alkyl halides is 3. The van der Waals surface area contributed by atoms with Crippen molar-refractivity contribution >= 4 is 0 Å². The molecule has 6 heteroatoms. The van der Waals surface area contributed by atoms with Gasteiger partial charge in [0.1, 0.15) is 0 Å². The molecule has 1 aromatic rings.